The van der Waals surface area contributed by atoms with Crippen LogP contribution in [0.15, 0.2) is 17.3 Å². The number of aromatic nitrogens is 2. The van der Waals surface area contributed by atoms with Crippen LogP contribution < -0.4 is 5.73 Å². The Kier molecular flexibility index (Phi) is 2.74. The second-order valence-electron chi connectivity index (χ2n) is 2.54. The predicted octanol–water partition coefficient (Wildman–Crippen LogP) is 0.863. The Morgan fingerprint density at radius 1 is 1.67 bits per heavy atom. The molecule has 0 aliphatic carbocycles. The van der Waals surface area contributed by atoms with E-state index < -0.39 is 0 Å². The predicted molar refractivity (Wildman–Crippen MR) is 49.3 cm³/mol. The van der Waals surface area contributed by atoms with E-state index in [1.807, 2.05) is 19.2 Å². The fourth-order valence-electron chi connectivity index (χ4n) is 0.942. The Bertz CT molecular complexity index is 282. The van der Waals surface area contributed by atoms with Crippen molar-refractivity contribution in [2.24, 2.45) is 4.99 Å². The number of nitrogens with zero attached hydrogens (tertiary/aromatic N) is 3. The van der Waals surface area contributed by atoms with Gasteiger partial charge in [-0.25, -0.2) is 9.97 Å². The van der Waals surface area contributed by atoms with Crippen molar-refractivity contribution in [1.82, 2.24) is 9.97 Å². The molecule has 1 aromatic heterocycles. The van der Waals surface area contributed by atoms with E-state index in [4.69, 9.17) is 5.73 Å². The van der Waals surface area contributed by atoms with Gasteiger partial charge in [0.15, 0.2) is 0 Å². The monoisotopic (exact) mass is 164 g/mol. The van der Waals surface area contributed by atoms with E-state index in [-0.39, 0.29) is 5.92 Å². The van der Waals surface area contributed by atoms with Crippen molar-refractivity contribution in [3.63, 3.8) is 0 Å². The lowest BCUT2D eigenvalue weighted by Gasteiger charge is -2.03. The van der Waals surface area contributed by atoms with Gasteiger partial charge < -0.3 is 10.7 Å². The molecule has 0 amide bonds. The summed E-state index contributed by atoms with van der Waals surface area (Å²) in [6.07, 6.45) is 3.47. The maximum Gasteiger partial charge on any atom is 0.220 e. The SMILES string of the molecule is CN=CC(C)c1ccnc(N)n1. The number of hydrogen-bond acceptors (Lipinski definition) is 4. The molecule has 0 spiro atoms. The van der Waals surface area contributed by atoms with E-state index in [9.17, 15) is 0 Å². The second kappa shape index (κ2) is 3.80. The van der Waals surface area contributed by atoms with Crippen molar-refractivity contribution < 1.29 is 0 Å². The quantitative estimate of drug-likeness (QED) is 0.659. The Balaban J connectivity index is 2.87. The van der Waals surface area contributed by atoms with Crippen LogP contribution in [0, 0.1) is 0 Å². The van der Waals surface area contributed by atoms with Gasteiger partial charge in [0, 0.05) is 25.4 Å². The third-order valence-electron chi connectivity index (χ3n) is 1.53. The Morgan fingerprint density at radius 2 is 2.42 bits per heavy atom. The molecular weight excluding hydrogens is 152 g/mol. The van der Waals surface area contributed by atoms with Crippen LogP contribution in [0.5, 0.6) is 0 Å². The highest BCUT2D eigenvalue weighted by atomic mass is 15.0. The molecule has 4 heteroatoms. The van der Waals surface area contributed by atoms with Gasteiger partial charge >= 0.3 is 0 Å². The van der Waals surface area contributed by atoms with Crippen LogP contribution in [0.25, 0.3) is 0 Å². The molecule has 0 aromatic carbocycles. The lowest BCUT2D eigenvalue weighted by atomic mass is 10.1. The van der Waals surface area contributed by atoms with Gasteiger partial charge in [-0.3, -0.25) is 0 Å². The minimum Gasteiger partial charge on any atom is -0.368 e. The molecule has 0 aliphatic rings. The largest absolute Gasteiger partial charge is 0.368 e. The van der Waals surface area contributed by atoms with Gasteiger partial charge in [0.25, 0.3) is 0 Å². The number of nitrogen functional groups attached to an aromatic ring is 1. The minimum atomic E-state index is 0.195. The maximum absolute atomic E-state index is 5.43. The number of anilines is 1. The summed E-state index contributed by atoms with van der Waals surface area (Å²) in [5, 5.41) is 0. The highest BCUT2D eigenvalue weighted by molar-refractivity contribution is 5.66. The van der Waals surface area contributed by atoms with Crippen molar-refractivity contribution in [2.45, 2.75) is 12.8 Å². The third kappa shape index (κ3) is 2.02. The van der Waals surface area contributed by atoms with Crippen LogP contribution in [-0.2, 0) is 0 Å². The van der Waals surface area contributed by atoms with E-state index in [0.717, 1.165) is 5.69 Å². The fourth-order valence-corrected chi connectivity index (χ4v) is 0.942. The van der Waals surface area contributed by atoms with Gasteiger partial charge in [0.2, 0.25) is 5.95 Å². The zero-order valence-electron chi connectivity index (χ0n) is 7.23. The van der Waals surface area contributed by atoms with Gasteiger partial charge in [-0.1, -0.05) is 6.92 Å². The topological polar surface area (TPSA) is 64.2 Å². The van der Waals surface area contributed by atoms with Crippen LogP contribution in [0.3, 0.4) is 0 Å². The summed E-state index contributed by atoms with van der Waals surface area (Å²) in [5.41, 5.74) is 6.32. The average Bonchev–Trinajstić information content (AvgIpc) is 2.05. The van der Waals surface area contributed by atoms with Gasteiger partial charge in [-0.2, -0.15) is 0 Å². The van der Waals surface area contributed by atoms with E-state index in [0.29, 0.717) is 5.95 Å². The summed E-state index contributed by atoms with van der Waals surface area (Å²) >= 11 is 0. The molecule has 1 aromatic rings. The highest BCUT2D eigenvalue weighted by Gasteiger charge is 2.03. The van der Waals surface area contributed by atoms with Crippen molar-refractivity contribution in [2.75, 3.05) is 12.8 Å². The fraction of sp³-hybridized carbons (Fsp3) is 0.375. The summed E-state index contributed by atoms with van der Waals surface area (Å²) in [6, 6.07) is 1.84. The summed E-state index contributed by atoms with van der Waals surface area (Å²) < 4.78 is 0. The summed E-state index contributed by atoms with van der Waals surface area (Å²) in [6.45, 7) is 2.01. The average molecular weight is 164 g/mol. The first kappa shape index (κ1) is 8.64. The molecule has 4 nitrogen and oxygen atoms in total. The Labute approximate surface area is 71.6 Å². The van der Waals surface area contributed by atoms with Gasteiger partial charge in [0.1, 0.15) is 0 Å². The van der Waals surface area contributed by atoms with Crippen LogP contribution in [0.1, 0.15) is 18.5 Å². The second-order valence-corrected chi connectivity index (χ2v) is 2.54. The number of rotatable bonds is 2. The summed E-state index contributed by atoms with van der Waals surface area (Å²) in [4.78, 5) is 11.8. The molecular formula is C8H12N4. The first-order valence-corrected chi connectivity index (χ1v) is 3.74. The molecule has 0 saturated heterocycles. The first-order chi connectivity index (χ1) is 5.74. The van der Waals surface area contributed by atoms with Crippen molar-refractivity contribution in [3.05, 3.63) is 18.0 Å². The van der Waals surface area contributed by atoms with Crippen molar-refractivity contribution >= 4 is 12.2 Å². The molecule has 12 heavy (non-hydrogen) atoms. The van der Waals surface area contributed by atoms with Crippen molar-refractivity contribution in [1.29, 1.82) is 0 Å². The molecule has 0 saturated carbocycles. The normalized spacial score (nSPS) is 13.5. The standard InChI is InChI=1S/C8H12N4/c1-6(5-10-2)7-3-4-11-8(9)12-7/h3-6H,1-2H3,(H2,9,11,12). The zero-order chi connectivity index (χ0) is 8.97. The maximum atomic E-state index is 5.43. The summed E-state index contributed by atoms with van der Waals surface area (Å²) in [5.74, 6) is 0.504. The molecule has 1 heterocycles. The minimum absolute atomic E-state index is 0.195. The molecule has 0 radical (unpaired) electrons. The van der Waals surface area contributed by atoms with Crippen molar-refractivity contribution in [3.8, 4) is 0 Å². The Morgan fingerprint density at radius 3 is 3.00 bits per heavy atom. The Hall–Kier alpha value is -1.45. The number of hydrogen-bond donors (Lipinski definition) is 1. The number of aliphatic imine (C=N–C) groups is 1. The van der Waals surface area contributed by atoms with Crippen LogP contribution in [0.4, 0.5) is 5.95 Å². The smallest absolute Gasteiger partial charge is 0.220 e. The summed E-state index contributed by atoms with van der Waals surface area (Å²) in [7, 11) is 1.74. The lowest BCUT2D eigenvalue weighted by Crippen LogP contribution is -2.02. The first-order valence-electron chi connectivity index (χ1n) is 3.74. The molecule has 1 atom stereocenters. The van der Waals surface area contributed by atoms with Crippen LogP contribution >= 0.6 is 0 Å². The van der Waals surface area contributed by atoms with E-state index in [2.05, 4.69) is 15.0 Å². The molecule has 1 unspecified atom stereocenters. The molecule has 0 fully saturated rings. The van der Waals surface area contributed by atoms with E-state index >= 15 is 0 Å². The van der Waals surface area contributed by atoms with Crippen LogP contribution in [-0.4, -0.2) is 23.2 Å². The molecule has 0 aliphatic heterocycles. The van der Waals surface area contributed by atoms with Gasteiger partial charge in [-0.15, -0.1) is 0 Å². The molecule has 2 N–H and O–H groups in total. The van der Waals surface area contributed by atoms with E-state index in [1.165, 1.54) is 0 Å². The van der Waals surface area contributed by atoms with E-state index in [1.54, 1.807) is 13.2 Å². The number of nitrogens with two attached hydrogens (primary N) is 1. The third-order valence-corrected chi connectivity index (χ3v) is 1.53. The van der Waals surface area contributed by atoms with Gasteiger partial charge in [-0.05, 0) is 6.07 Å². The molecule has 64 valence electrons. The molecule has 1 rings (SSSR count). The highest BCUT2D eigenvalue weighted by Crippen LogP contribution is 2.09. The van der Waals surface area contributed by atoms with Gasteiger partial charge in [0.05, 0.1) is 5.69 Å². The molecule has 0 bridgehead atoms. The zero-order valence-corrected chi connectivity index (χ0v) is 7.23. The lowest BCUT2D eigenvalue weighted by molar-refractivity contribution is 0.949. The van der Waals surface area contributed by atoms with Crippen LogP contribution in [0.2, 0.25) is 0 Å².